The van der Waals surface area contributed by atoms with Crippen LogP contribution in [-0.4, -0.2) is 50.5 Å². The molecule has 2 unspecified atom stereocenters. The number of fused-ring (bicyclic) bond motifs is 3. The van der Waals surface area contributed by atoms with Crippen molar-refractivity contribution in [3.05, 3.63) is 60.3 Å². The standard InChI is InChI=1S/C35H43N5O3/c1-22-27-20-24(35(27,2)3)21-28(22)36-33(41)32-31(26-16-8-10-18-30(26)43-25-14-5-4-6-15-25)37-38-40(32)34(42)39-19-11-13-23-12-7-9-17-29(23)39/h4-6,8,10,14-16,18,22-24,27-29H,7,9,11-13,17,19-21H2,1-3H3,(H,36,41)/t22-,23?,24-,27+,28-,29?/m1/s1. The molecule has 8 heteroatoms. The number of nitrogens with zero attached hydrogens (tertiary/aromatic N) is 4. The molecule has 0 spiro atoms. The summed E-state index contributed by atoms with van der Waals surface area (Å²) in [7, 11) is 0. The molecular weight excluding hydrogens is 538 g/mol. The van der Waals surface area contributed by atoms with Gasteiger partial charge in [0.15, 0.2) is 5.69 Å². The summed E-state index contributed by atoms with van der Waals surface area (Å²) >= 11 is 0. The molecule has 226 valence electrons. The number of benzene rings is 2. The van der Waals surface area contributed by atoms with Crippen molar-refractivity contribution in [1.82, 2.24) is 25.2 Å². The van der Waals surface area contributed by atoms with Gasteiger partial charge in [-0.05, 0) is 91.9 Å². The molecule has 2 aromatic carbocycles. The first-order valence-corrected chi connectivity index (χ1v) is 16.2. The Balaban J connectivity index is 1.25. The van der Waals surface area contributed by atoms with Crippen LogP contribution in [0.3, 0.4) is 0 Å². The molecule has 2 heterocycles. The maximum absolute atomic E-state index is 14.3. The van der Waals surface area contributed by atoms with E-state index in [1.807, 2.05) is 59.5 Å². The summed E-state index contributed by atoms with van der Waals surface area (Å²) < 4.78 is 7.54. The van der Waals surface area contributed by atoms with E-state index in [-0.39, 0.29) is 29.7 Å². The van der Waals surface area contributed by atoms with Gasteiger partial charge >= 0.3 is 6.03 Å². The zero-order valence-electron chi connectivity index (χ0n) is 25.5. The van der Waals surface area contributed by atoms with Crippen LogP contribution in [0.2, 0.25) is 0 Å². The third-order valence-corrected chi connectivity index (χ3v) is 11.3. The van der Waals surface area contributed by atoms with Gasteiger partial charge in [-0.15, -0.1) is 5.10 Å². The number of carbonyl (C=O) groups excluding carboxylic acids is 2. The Labute approximate surface area is 254 Å². The maximum atomic E-state index is 14.3. The largest absolute Gasteiger partial charge is 0.457 e. The molecule has 5 fully saturated rings. The fraction of sp³-hybridized carbons (Fsp3) is 0.543. The minimum Gasteiger partial charge on any atom is -0.457 e. The Hall–Kier alpha value is -3.68. The minimum atomic E-state index is -0.295. The molecule has 1 aliphatic heterocycles. The molecule has 4 saturated carbocycles. The molecule has 2 amide bonds. The highest BCUT2D eigenvalue weighted by atomic mass is 16.5. The number of amides is 2. The topological polar surface area (TPSA) is 89.3 Å². The molecule has 3 aromatic rings. The number of piperidine rings is 1. The molecule has 0 radical (unpaired) electrons. The fourth-order valence-electron chi connectivity index (χ4n) is 8.73. The summed E-state index contributed by atoms with van der Waals surface area (Å²) in [5.74, 6) is 2.99. The van der Waals surface area contributed by atoms with Gasteiger partial charge in [0, 0.05) is 24.2 Å². The van der Waals surface area contributed by atoms with Crippen molar-refractivity contribution in [2.45, 2.75) is 84.2 Å². The van der Waals surface area contributed by atoms with E-state index in [0.717, 1.165) is 38.5 Å². The van der Waals surface area contributed by atoms with Crippen molar-refractivity contribution < 1.29 is 14.3 Å². The van der Waals surface area contributed by atoms with E-state index in [9.17, 15) is 9.59 Å². The number of nitrogens with one attached hydrogen (secondary N) is 1. The van der Waals surface area contributed by atoms with E-state index >= 15 is 0 Å². The van der Waals surface area contributed by atoms with E-state index in [4.69, 9.17) is 4.74 Å². The predicted octanol–water partition coefficient (Wildman–Crippen LogP) is 7.16. The van der Waals surface area contributed by atoms with Crippen LogP contribution in [0.15, 0.2) is 54.6 Å². The number of carbonyl (C=O) groups is 2. The van der Waals surface area contributed by atoms with E-state index in [0.29, 0.717) is 58.4 Å². The molecule has 43 heavy (non-hydrogen) atoms. The second-order valence-corrected chi connectivity index (χ2v) is 13.9. The summed E-state index contributed by atoms with van der Waals surface area (Å²) in [6, 6.07) is 17.1. The Morgan fingerprint density at radius 1 is 0.953 bits per heavy atom. The van der Waals surface area contributed by atoms with Gasteiger partial charge in [-0.25, -0.2) is 4.79 Å². The van der Waals surface area contributed by atoms with Crippen molar-refractivity contribution in [1.29, 1.82) is 0 Å². The molecule has 8 rings (SSSR count). The smallest absolute Gasteiger partial charge is 0.347 e. The van der Waals surface area contributed by atoms with Crippen molar-refractivity contribution >= 4 is 11.9 Å². The lowest BCUT2D eigenvalue weighted by Crippen LogP contribution is -2.60. The summed E-state index contributed by atoms with van der Waals surface area (Å²) in [6.45, 7) is 7.66. The lowest BCUT2D eigenvalue weighted by atomic mass is 9.45. The van der Waals surface area contributed by atoms with Crippen LogP contribution in [0.1, 0.15) is 82.6 Å². The lowest BCUT2D eigenvalue weighted by Gasteiger charge is -2.62. The zero-order valence-corrected chi connectivity index (χ0v) is 25.5. The highest BCUT2D eigenvalue weighted by Gasteiger charge is 2.56. The first-order chi connectivity index (χ1) is 20.8. The average Bonchev–Trinajstić information content (AvgIpc) is 3.47. The first-order valence-electron chi connectivity index (χ1n) is 16.2. The van der Waals surface area contributed by atoms with E-state index in [1.165, 1.54) is 17.5 Å². The zero-order chi connectivity index (χ0) is 29.7. The van der Waals surface area contributed by atoms with Crippen LogP contribution >= 0.6 is 0 Å². The highest BCUT2D eigenvalue weighted by Crippen LogP contribution is 2.61. The summed E-state index contributed by atoms with van der Waals surface area (Å²) in [4.78, 5) is 30.6. The molecule has 1 saturated heterocycles. The number of ether oxygens (including phenoxy) is 1. The third-order valence-electron chi connectivity index (χ3n) is 11.3. The Kier molecular flexibility index (Phi) is 7.26. The molecule has 6 atom stereocenters. The second-order valence-electron chi connectivity index (χ2n) is 13.9. The fourth-order valence-corrected chi connectivity index (χ4v) is 8.73. The molecule has 1 aromatic heterocycles. The van der Waals surface area contributed by atoms with Crippen molar-refractivity contribution in [3.8, 4) is 22.8 Å². The van der Waals surface area contributed by atoms with Gasteiger partial charge in [-0.3, -0.25) is 4.79 Å². The Morgan fingerprint density at radius 2 is 1.70 bits per heavy atom. The Bertz CT molecular complexity index is 1500. The van der Waals surface area contributed by atoms with Gasteiger partial charge < -0.3 is 15.0 Å². The lowest BCUT2D eigenvalue weighted by molar-refractivity contribution is -0.113. The normalized spacial score (nSPS) is 29.2. The van der Waals surface area contributed by atoms with Gasteiger partial charge in [0.25, 0.3) is 5.91 Å². The van der Waals surface area contributed by atoms with E-state index in [2.05, 4.69) is 36.4 Å². The summed E-state index contributed by atoms with van der Waals surface area (Å²) in [5.41, 5.74) is 1.50. The van der Waals surface area contributed by atoms with Gasteiger partial charge in [0.1, 0.15) is 17.2 Å². The predicted molar refractivity (Wildman–Crippen MR) is 165 cm³/mol. The number of likely N-dealkylation sites (tertiary alicyclic amines) is 1. The minimum absolute atomic E-state index is 0.0455. The van der Waals surface area contributed by atoms with Gasteiger partial charge in [0.05, 0.1) is 0 Å². The number of rotatable bonds is 5. The highest BCUT2D eigenvalue weighted by molar-refractivity contribution is 6.02. The van der Waals surface area contributed by atoms with Crippen molar-refractivity contribution in [2.75, 3.05) is 6.54 Å². The van der Waals surface area contributed by atoms with E-state index < -0.39 is 0 Å². The van der Waals surface area contributed by atoms with Crippen molar-refractivity contribution in [3.63, 3.8) is 0 Å². The molecular formula is C35H43N5O3. The van der Waals surface area contributed by atoms with Crippen LogP contribution in [0.4, 0.5) is 4.79 Å². The molecule has 2 bridgehead atoms. The second kappa shape index (κ2) is 11.1. The third kappa shape index (κ3) is 4.92. The first kappa shape index (κ1) is 28.1. The van der Waals surface area contributed by atoms with Crippen molar-refractivity contribution in [2.24, 2.45) is 29.1 Å². The average molecular weight is 582 g/mol. The quantitative estimate of drug-likeness (QED) is 0.345. The number of aromatic nitrogens is 3. The number of para-hydroxylation sites is 2. The molecule has 4 aliphatic carbocycles. The summed E-state index contributed by atoms with van der Waals surface area (Å²) in [5, 5.41) is 12.3. The Morgan fingerprint density at radius 3 is 2.49 bits per heavy atom. The van der Waals surface area contributed by atoms with E-state index in [1.54, 1.807) is 0 Å². The molecule has 1 N–H and O–H groups in total. The maximum Gasteiger partial charge on any atom is 0.347 e. The monoisotopic (exact) mass is 581 g/mol. The van der Waals surface area contributed by atoms with Crippen LogP contribution in [0.25, 0.3) is 11.3 Å². The molecule has 5 aliphatic rings. The van der Waals surface area contributed by atoms with Crippen LogP contribution in [0.5, 0.6) is 11.5 Å². The van der Waals surface area contributed by atoms with Crippen LogP contribution < -0.4 is 10.1 Å². The van der Waals surface area contributed by atoms with Gasteiger partial charge in [-0.2, -0.15) is 4.68 Å². The number of hydrogen-bond acceptors (Lipinski definition) is 5. The summed E-state index contributed by atoms with van der Waals surface area (Å²) in [6.07, 6.45) is 8.83. The van der Waals surface area contributed by atoms with Gasteiger partial charge in [-0.1, -0.05) is 69.2 Å². The molecule has 8 nitrogen and oxygen atoms in total. The van der Waals surface area contributed by atoms with Crippen LogP contribution in [-0.2, 0) is 0 Å². The van der Waals surface area contributed by atoms with Gasteiger partial charge in [0.2, 0.25) is 0 Å². The number of hydrogen-bond donors (Lipinski definition) is 1. The SMILES string of the molecule is C[C@H]1[C@H](NC(=O)c2c(-c3ccccc3Oc3ccccc3)nnn2C(=O)N2CCCC3CCCCC32)C[C@H]2C[C@@H]1C2(C)C. The van der Waals surface area contributed by atoms with Crippen LogP contribution in [0, 0.1) is 29.1 Å².